The molecule has 2 aromatic rings. The Morgan fingerprint density at radius 1 is 1.44 bits per heavy atom. The molecule has 8 nitrogen and oxygen atoms in total. The molecule has 0 atom stereocenters. The molecule has 1 aromatic heterocycles. The Labute approximate surface area is 168 Å². The molecule has 0 unspecified atom stereocenters. The maximum absolute atomic E-state index is 14.7. The number of halogens is 3. The topological polar surface area (TPSA) is 93.6 Å². The van der Waals surface area contributed by atoms with E-state index in [1.807, 2.05) is 19.0 Å². The van der Waals surface area contributed by atoms with Gasteiger partial charge in [0.15, 0.2) is 5.82 Å². The third-order valence-corrected chi connectivity index (χ3v) is 5.69. The van der Waals surface area contributed by atoms with E-state index in [0.717, 1.165) is 13.1 Å². The first kappa shape index (κ1) is 19.8. The van der Waals surface area contributed by atoms with Gasteiger partial charge in [0, 0.05) is 37.6 Å². The van der Waals surface area contributed by atoms with Gasteiger partial charge in [-0.2, -0.15) is 4.98 Å². The van der Waals surface area contributed by atoms with Crippen molar-refractivity contribution in [1.82, 2.24) is 20.2 Å². The quantitative estimate of drug-likeness (QED) is 0.450. The first-order chi connectivity index (χ1) is 12.8. The SMILES string of the molecule is CN(C)C1CN(c2nc(NCCNC(=O)O)c3cc(Cl)c(Br)c(F)c3n2)C1. The predicted octanol–water partition coefficient (Wildman–Crippen LogP) is 2.61. The Balaban J connectivity index is 1.93. The Morgan fingerprint density at radius 2 is 2.15 bits per heavy atom. The third-order valence-electron chi connectivity index (χ3n) is 4.38. The first-order valence-electron chi connectivity index (χ1n) is 8.25. The summed E-state index contributed by atoms with van der Waals surface area (Å²) >= 11 is 9.23. The number of carboxylic acid groups (broad SMARTS) is 1. The average molecular weight is 462 g/mol. The van der Waals surface area contributed by atoms with Crippen molar-refractivity contribution >= 4 is 56.3 Å². The fourth-order valence-electron chi connectivity index (χ4n) is 2.73. The van der Waals surface area contributed by atoms with E-state index in [9.17, 15) is 9.18 Å². The van der Waals surface area contributed by atoms with Crippen LogP contribution in [0.4, 0.5) is 21.0 Å². The van der Waals surface area contributed by atoms with E-state index in [1.54, 1.807) is 6.07 Å². The first-order valence-corrected chi connectivity index (χ1v) is 9.42. The number of anilines is 2. The number of aromatic nitrogens is 2. The normalized spacial score (nSPS) is 14.5. The van der Waals surface area contributed by atoms with E-state index in [2.05, 4.69) is 41.4 Å². The lowest BCUT2D eigenvalue weighted by Crippen LogP contribution is -2.58. The van der Waals surface area contributed by atoms with E-state index < -0.39 is 11.9 Å². The largest absolute Gasteiger partial charge is 0.465 e. The third kappa shape index (κ3) is 4.17. The van der Waals surface area contributed by atoms with Crippen LogP contribution in [0.15, 0.2) is 10.5 Å². The van der Waals surface area contributed by atoms with E-state index in [1.165, 1.54) is 0 Å². The number of hydrogen-bond donors (Lipinski definition) is 3. The molecule has 1 aromatic carbocycles. The lowest BCUT2D eigenvalue weighted by Gasteiger charge is -2.42. The number of benzene rings is 1. The van der Waals surface area contributed by atoms with Gasteiger partial charge in [0.25, 0.3) is 0 Å². The molecule has 3 rings (SSSR count). The van der Waals surface area contributed by atoms with Crippen molar-refractivity contribution in [3.63, 3.8) is 0 Å². The molecule has 1 amide bonds. The summed E-state index contributed by atoms with van der Waals surface area (Å²) in [4.78, 5) is 23.6. The molecule has 1 saturated heterocycles. The van der Waals surface area contributed by atoms with Crippen LogP contribution in [-0.2, 0) is 0 Å². The summed E-state index contributed by atoms with van der Waals surface area (Å²) in [6.07, 6.45) is -1.11. The fraction of sp³-hybridized carbons (Fsp3) is 0.438. The van der Waals surface area contributed by atoms with Crippen molar-refractivity contribution in [2.75, 3.05) is 50.5 Å². The Morgan fingerprint density at radius 3 is 2.78 bits per heavy atom. The number of hydrogen-bond acceptors (Lipinski definition) is 6. The molecular formula is C16H19BrClFN6O2. The highest BCUT2D eigenvalue weighted by molar-refractivity contribution is 9.10. The summed E-state index contributed by atoms with van der Waals surface area (Å²) < 4.78 is 14.9. The van der Waals surface area contributed by atoms with Crippen LogP contribution in [0, 0.1) is 5.82 Å². The molecule has 3 N–H and O–H groups in total. The molecule has 0 spiro atoms. The Hall–Kier alpha value is -1.91. The lowest BCUT2D eigenvalue weighted by atomic mass is 10.1. The molecule has 27 heavy (non-hydrogen) atoms. The number of rotatable bonds is 6. The van der Waals surface area contributed by atoms with E-state index >= 15 is 0 Å². The molecule has 1 aliphatic heterocycles. The van der Waals surface area contributed by atoms with Gasteiger partial charge in [-0.3, -0.25) is 0 Å². The summed E-state index contributed by atoms with van der Waals surface area (Å²) in [6.45, 7) is 1.95. The van der Waals surface area contributed by atoms with Gasteiger partial charge in [0.2, 0.25) is 5.95 Å². The van der Waals surface area contributed by atoms with Gasteiger partial charge < -0.3 is 25.5 Å². The van der Waals surface area contributed by atoms with Crippen LogP contribution in [0.25, 0.3) is 10.9 Å². The van der Waals surface area contributed by atoms with Gasteiger partial charge in [-0.25, -0.2) is 14.2 Å². The highest BCUT2D eigenvalue weighted by Crippen LogP contribution is 2.35. The Bertz CT molecular complexity index is 878. The standard InChI is InChI=1S/C16H19BrClFN6O2/c1-24(2)8-6-25(7-8)15-22-13-9(5-10(18)11(17)12(13)19)14(23-15)20-3-4-21-16(26)27/h5,8,21H,3-4,6-7H2,1-2H3,(H,26,27)(H,20,22,23). The second-order valence-corrected chi connectivity index (χ2v) is 7.64. The minimum atomic E-state index is -1.11. The predicted molar refractivity (Wildman–Crippen MR) is 106 cm³/mol. The molecule has 0 saturated carbocycles. The van der Waals surface area contributed by atoms with Crippen molar-refractivity contribution in [2.24, 2.45) is 0 Å². The van der Waals surface area contributed by atoms with Crippen LogP contribution in [-0.4, -0.2) is 72.4 Å². The number of amides is 1. The summed E-state index contributed by atoms with van der Waals surface area (Å²) in [7, 11) is 4.01. The number of nitrogens with one attached hydrogen (secondary N) is 2. The van der Waals surface area contributed by atoms with Crippen LogP contribution in [0.5, 0.6) is 0 Å². The van der Waals surface area contributed by atoms with Gasteiger partial charge in [-0.05, 0) is 36.1 Å². The van der Waals surface area contributed by atoms with Crippen LogP contribution < -0.4 is 15.5 Å². The number of carbonyl (C=O) groups is 1. The molecule has 146 valence electrons. The van der Waals surface area contributed by atoms with Crippen molar-refractivity contribution in [3.05, 3.63) is 21.4 Å². The van der Waals surface area contributed by atoms with Gasteiger partial charge in [0.05, 0.1) is 9.50 Å². The smallest absolute Gasteiger partial charge is 0.404 e. The highest BCUT2D eigenvalue weighted by atomic mass is 79.9. The molecule has 0 radical (unpaired) electrons. The second-order valence-electron chi connectivity index (χ2n) is 6.44. The highest BCUT2D eigenvalue weighted by Gasteiger charge is 2.31. The second kappa shape index (κ2) is 7.99. The molecular weight excluding hydrogens is 443 g/mol. The molecule has 0 bridgehead atoms. The van der Waals surface area contributed by atoms with E-state index in [-0.39, 0.29) is 28.1 Å². The van der Waals surface area contributed by atoms with Crippen molar-refractivity contribution in [1.29, 1.82) is 0 Å². The number of nitrogens with zero attached hydrogens (tertiary/aromatic N) is 4. The van der Waals surface area contributed by atoms with Crippen LogP contribution in [0.3, 0.4) is 0 Å². The summed E-state index contributed by atoms with van der Waals surface area (Å²) in [5.74, 6) is 0.267. The van der Waals surface area contributed by atoms with Gasteiger partial charge >= 0.3 is 6.09 Å². The minimum absolute atomic E-state index is 0.148. The van der Waals surface area contributed by atoms with Crippen molar-refractivity contribution in [3.8, 4) is 0 Å². The molecule has 2 heterocycles. The van der Waals surface area contributed by atoms with Crippen molar-refractivity contribution in [2.45, 2.75) is 6.04 Å². The monoisotopic (exact) mass is 460 g/mol. The summed E-state index contributed by atoms with van der Waals surface area (Å²) in [5, 5.41) is 14.6. The van der Waals surface area contributed by atoms with Crippen LogP contribution in [0.2, 0.25) is 5.02 Å². The molecule has 0 aliphatic carbocycles. The number of likely N-dealkylation sites (N-methyl/N-ethyl adjacent to an activating group) is 1. The van der Waals surface area contributed by atoms with Gasteiger partial charge in [0.1, 0.15) is 11.3 Å². The minimum Gasteiger partial charge on any atom is -0.465 e. The molecule has 11 heteroatoms. The molecule has 1 aliphatic rings. The summed E-state index contributed by atoms with van der Waals surface area (Å²) in [6, 6.07) is 1.97. The summed E-state index contributed by atoms with van der Waals surface area (Å²) in [5.41, 5.74) is 0.151. The fourth-order valence-corrected chi connectivity index (χ4v) is 3.23. The van der Waals surface area contributed by atoms with Gasteiger partial charge in [-0.1, -0.05) is 11.6 Å². The zero-order valence-electron chi connectivity index (χ0n) is 14.8. The van der Waals surface area contributed by atoms with Gasteiger partial charge in [-0.15, -0.1) is 0 Å². The van der Waals surface area contributed by atoms with E-state index in [4.69, 9.17) is 16.7 Å². The van der Waals surface area contributed by atoms with Crippen LogP contribution in [0.1, 0.15) is 0 Å². The number of fused-ring (bicyclic) bond motifs is 1. The zero-order chi connectivity index (χ0) is 19.7. The van der Waals surface area contributed by atoms with Crippen LogP contribution >= 0.6 is 27.5 Å². The Kier molecular flexibility index (Phi) is 5.87. The van der Waals surface area contributed by atoms with Crippen molar-refractivity contribution < 1.29 is 14.3 Å². The van der Waals surface area contributed by atoms with E-state index in [0.29, 0.717) is 23.2 Å². The average Bonchev–Trinajstić information content (AvgIpc) is 2.55. The maximum atomic E-state index is 14.7. The maximum Gasteiger partial charge on any atom is 0.404 e. The zero-order valence-corrected chi connectivity index (χ0v) is 17.1. The lowest BCUT2D eigenvalue weighted by molar-refractivity contribution is 0.195. The molecule has 1 fully saturated rings.